The Kier molecular flexibility index (Phi) is 9.66. The second kappa shape index (κ2) is 13.2. The molecule has 3 heterocycles. The summed E-state index contributed by atoms with van der Waals surface area (Å²) in [7, 11) is 0. The number of morpholine rings is 1. The van der Waals surface area contributed by atoms with Crippen LogP contribution in [0.15, 0.2) is 24.3 Å². The van der Waals surface area contributed by atoms with Crippen molar-refractivity contribution >= 4 is 23.2 Å². The molecule has 0 amide bonds. The lowest BCUT2D eigenvalue weighted by Gasteiger charge is -2.31. The molecular formula is C30H39ClF2N4O3. The molecule has 5 rings (SSSR count). The third-order valence-corrected chi connectivity index (χ3v) is 8.65. The number of alkyl halides is 2. The number of aromatic nitrogens is 2. The molecule has 218 valence electrons. The number of nitrogens with one attached hydrogen (secondary N) is 2. The molecule has 0 spiro atoms. The number of nitrogens with zero attached hydrogens (tertiary/aromatic N) is 2. The fraction of sp³-hybridized carbons (Fsp3) is 0.633. The Morgan fingerprint density at radius 2 is 2.05 bits per heavy atom. The maximum absolute atomic E-state index is 15.2. The summed E-state index contributed by atoms with van der Waals surface area (Å²) in [5, 5.41) is 6.44. The Morgan fingerprint density at radius 3 is 2.88 bits per heavy atom. The summed E-state index contributed by atoms with van der Waals surface area (Å²) in [6.07, 6.45) is 6.70. The van der Waals surface area contributed by atoms with E-state index in [0.717, 1.165) is 68.4 Å². The molecule has 2 saturated heterocycles. The highest BCUT2D eigenvalue weighted by atomic mass is 35.5. The molecule has 1 aromatic heterocycles. The fourth-order valence-electron chi connectivity index (χ4n) is 6.08. The monoisotopic (exact) mass is 576 g/mol. The minimum atomic E-state index is -3.07. The summed E-state index contributed by atoms with van der Waals surface area (Å²) in [5.41, 5.74) is 2.57. The Bertz CT molecular complexity index is 1170. The van der Waals surface area contributed by atoms with Gasteiger partial charge in [0, 0.05) is 49.3 Å². The van der Waals surface area contributed by atoms with Crippen LogP contribution >= 0.6 is 11.6 Å². The molecule has 2 fully saturated rings. The minimum Gasteiger partial charge on any atom is -0.381 e. The smallest absolute Gasteiger partial charge is 0.290 e. The van der Waals surface area contributed by atoms with Crippen molar-refractivity contribution in [3.63, 3.8) is 0 Å². The molecule has 4 atom stereocenters. The number of carbonyl (C=O) groups excluding carboxylic acids is 1. The maximum atomic E-state index is 15.2. The largest absolute Gasteiger partial charge is 0.381 e. The van der Waals surface area contributed by atoms with Crippen molar-refractivity contribution in [3.05, 3.63) is 51.9 Å². The Balaban J connectivity index is 1.23. The molecular weight excluding hydrogens is 538 g/mol. The van der Waals surface area contributed by atoms with Crippen LogP contribution in [0.4, 0.5) is 14.6 Å². The van der Waals surface area contributed by atoms with Crippen molar-refractivity contribution in [2.75, 3.05) is 38.3 Å². The van der Waals surface area contributed by atoms with Gasteiger partial charge in [0.15, 0.2) is 0 Å². The molecule has 3 unspecified atom stereocenters. The molecule has 2 aliphatic heterocycles. The molecule has 2 aromatic rings. The van der Waals surface area contributed by atoms with Gasteiger partial charge in [0.05, 0.1) is 24.9 Å². The summed E-state index contributed by atoms with van der Waals surface area (Å²) in [5.74, 6) is -1.71. The predicted molar refractivity (Wildman–Crippen MR) is 150 cm³/mol. The van der Waals surface area contributed by atoms with Crippen molar-refractivity contribution in [2.45, 2.75) is 76.3 Å². The van der Waals surface area contributed by atoms with E-state index in [0.29, 0.717) is 43.7 Å². The third kappa shape index (κ3) is 6.98. The SMILES string of the molecule is C[C@@H](Nc1nc(Cl)nc2c1CC(CCC(=O)C1CCCCOCC1)C2)c1cccc(C(F)(F)C2COCCN2)c1. The van der Waals surface area contributed by atoms with E-state index in [1.807, 2.05) is 13.0 Å². The first-order valence-electron chi connectivity index (χ1n) is 14.5. The third-order valence-electron chi connectivity index (χ3n) is 8.48. The number of rotatable bonds is 9. The normalized spacial score (nSPS) is 24.6. The van der Waals surface area contributed by atoms with E-state index in [4.69, 9.17) is 21.1 Å². The minimum absolute atomic E-state index is 0.0293. The van der Waals surface area contributed by atoms with E-state index >= 15 is 8.78 Å². The van der Waals surface area contributed by atoms with E-state index in [1.165, 1.54) is 6.07 Å². The lowest BCUT2D eigenvalue weighted by molar-refractivity contribution is -0.124. The average Bonchev–Trinajstić information content (AvgIpc) is 3.35. The van der Waals surface area contributed by atoms with Crippen molar-refractivity contribution in [3.8, 4) is 0 Å². The second-order valence-corrected chi connectivity index (χ2v) is 11.7. The van der Waals surface area contributed by atoms with Crippen LogP contribution in [0.25, 0.3) is 0 Å². The number of halogens is 3. The van der Waals surface area contributed by atoms with Gasteiger partial charge in [-0.2, -0.15) is 8.78 Å². The fourth-order valence-corrected chi connectivity index (χ4v) is 6.27. The molecule has 3 aliphatic rings. The maximum Gasteiger partial charge on any atom is 0.290 e. The number of fused-ring (bicyclic) bond motifs is 1. The number of hydrogen-bond acceptors (Lipinski definition) is 7. The summed E-state index contributed by atoms with van der Waals surface area (Å²) in [6, 6.07) is 5.15. The number of hydrogen-bond donors (Lipinski definition) is 2. The van der Waals surface area contributed by atoms with Gasteiger partial charge in [0.1, 0.15) is 11.6 Å². The van der Waals surface area contributed by atoms with E-state index < -0.39 is 12.0 Å². The zero-order valence-electron chi connectivity index (χ0n) is 23.1. The van der Waals surface area contributed by atoms with Crippen LogP contribution in [-0.4, -0.2) is 54.8 Å². The topological polar surface area (TPSA) is 85.4 Å². The first kappa shape index (κ1) is 29.3. The zero-order chi connectivity index (χ0) is 28.1. The van der Waals surface area contributed by atoms with E-state index in [1.54, 1.807) is 12.1 Å². The quantitative estimate of drug-likeness (QED) is 0.373. The highest BCUT2D eigenvalue weighted by Crippen LogP contribution is 2.37. The molecule has 0 saturated carbocycles. The molecule has 10 heteroatoms. The van der Waals surface area contributed by atoms with Gasteiger partial charge in [-0.25, -0.2) is 9.97 Å². The van der Waals surface area contributed by atoms with Gasteiger partial charge >= 0.3 is 0 Å². The molecule has 0 radical (unpaired) electrons. The highest BCUT2D eigenvalue weighted by molar-refractivity contribution is 6.28. The first-order chi connectivity index (χ1) is 19.3. The standard InChI is InChI=1S/C30H39ClF2N4O3/c1-19(22-6-4-7-23(17-22)30(32,33)27-18-40-14-11-34-27)35-28-24-15-20(16-25(24)36-29(31)37-28)8-9-26(38)21-5-2-3-12-39-13-10-21/h4,6-7,17,19-21,27,34H,2-3,5,8-16,18H2,1H3,(H,35,36,37)/t19-,20?,21?,27?/m1/s1. The lowest BCUT2D eigenvalue weighted by atomic mass is 9.88. The molecule has 2 N–H and O–H groups in total. The van der Waals surface area contributed by atoms with Crippen molar-refractivity contribution in [1.82, 2.24) is 15.3 Å². The van der Waals surface area contributed by atoms with Crippen LogP contribution < -0.4 is 10.6 Å². The highest BCUT2D eigenvalue weighted by Gasteiger charge is 2.42. The average molecular weight is 577 g/mol. The van der Waals surface area contributed by atoms with Crippen LogP contribution in [0.2, 0.25) is 5.28 Å². The Labute approximate surface area is 239 Å². The first-order valence-corrected chi connectivity index (χ1v) is 14.9. The number of carbonyl (C=O) groups is 1. The van der Waals surface area contributed by atoms with Crippen LogP contribution in [0.1, 0.15) is 73.9 Å². The number of Topliss-reactive ketones (excluding diaryl/α,β-unsaturated/α-hetero) is 1. The number of anilines is 1. The van der Waals surface area contributed by atoms with E-state index in [2.05, 4.69) is 20.6 Å². The summed E-state index contributed by atoms with van der Waals surface area (Å²) < 4.78 is 41.3. The lowest BCUT2D eigenvalue weighted by Crippen LogP contribution is -2.50. The summed E-state index contributed by atoms with van der Waals surface area (Å²) >= 11 is 6.29. The second-order valence-electron chi connectivity index (χ2n) is 11.3. The van der Waals surface area contributed by atoms with Crippen molar-refractivity contribution < 1.29 is 23.0 Å². The van der Waals surface area contributed by atoms with Gasteiger partial charge in [-0.1, -0.05) is 24.6 Å². The Morgan fingerprint density at radius 1 is 1.18 bits per heavy atom. The van der Waals surface area contributed by atoms with Crippen LogP contribution in [0, 0.1) is 11.8 Å². The van der Waals surface area contributed by atoms with Crippen molar-refractivity contribution in [1.29, 1.82) is 0 Å². The molecule has 0 bridgehead atoms. The van der Waals surface area contributed by atoms with Gasteiger partial charge in [0.25, 0.3) is 5.92 Å². The summed E-state index contributed by atoms with van der Waals surface area (Å²) in [6.45, 7) is 4.20. The van der Waals surface area contributed by atoms with Crippen molar-refractivity contribution in [2.24, 2.45) is 11.8 Å². The molecule has 1 aromatic carbocycles. The van der Waals surface area contributed by atoms with Gasteiger partial charge in [-0.3, -0.25) is 4.79 Å². The van der Waals surface area contributed by atoms with E-state index in [9.17, 15) is 4.79 Å². The van der Waals surface area contributed by atoms with Gasteiger partial charge in [-0.15, -0.1) is 0 Å². The Hall–Kier alpha value is -2.20. The summed E-state index contributed by atoms with van der Waals surface area (Å²) in [4.78, 5) is 21.9. The van der Waals surface area contributed by atoms with Gasteiger partial charge < -0.3 is 20.1 Å². The van der Waals surface area contributed by atoms with Crippen LogP contribution in [0.5, 0.6) is 0 Å². The molecule has 40 heavy (non-hydrogen) atoms. The van der Waals surface area contributed by atoms with Gasteiger partial charge in [0.2, 0.25) is 5.28 Å². The predicted octanol–water partition coefficient (Wildman–Crippen LogP) is 5.65. The number of ketones is 1. The number of benzene rings is 1. The number of ether oxygens (including phenoxy) is 2. The molecule has 1 aliphatic carbocycles. The van der Waals surface area contributed by atoms with Crippen LogP contribution in [0.3, 0.4) is 0 Å². The molecule has 7 nitrogen and oxygen atoms in total. The van der Waals surface area contributed by atoms with E-state index in [-0.39, 0.29) is 29.4 Å². The zero-order valence-corrected chi connectivity index (χ0v) is 23.8. The van der Waals surface area contributed by atoms with Gasteiger partial charge in [-0.05, 0) is 74.6 Å². The van der Waals surface area contributed by atoms with Crippen LogP contribution in [-0.2, 0) is 33.0 Å².